The average Bonchev–Trinajstić information content (AvgIpc) is 3.11. The standard InChI is InChI=1S/C16H18N2O4/c19-14(20)11-1-2-12-13(9-11)22-15(17-12)18-6-3-16(10-18)4-7-21-8-5-16/h1-2,9H,3-8,10H2,(H,19,20). The van der Waals surface area contributed by atoms with E-state index < -0.39 is 5.97 Å². The van der Waals surface area contributed by atoms with Crippen molar-refractivity contribution in [3.05, 3.63) is 23.8 Å². The molecule has 22 heavy (non-hydrogen) atoms. The number of carboxylic acids is 1. The van der Waals surface area contributed by atoms with Gasteiger partial charge in [0.05, 0.1) is 5.56 Å². The molecule has 2 aliphatic heterocycles. The van der Waals surface area contributed by atoms with Gasteiger partial charge in [-0.05, 0) is 42.9 Å². The van der Waals surface area contributed by atoms with Crippen molar-refractivity contribution in [2.45, 2.75) is 19.3 Å². The summed E-state index contributed by atoms with van der Waals surface area (Å²) in [6.07, 6.45) is 3.31. The van der Waals surface area contributed by atoms with Crippen LogP contribution in [0.3, 0.4) is 0 Å². The van der Waals surface area contributed by atoms with Gasteiger partial charge < -0.3 is 19.2 Å². The van der Waals surface area contributed by atoms with E-state index in [0.717, 1.165) is 45.6 Å². The predicted octanol–water partition coefficient (Wildman–Crippen LogP) is 2.53. The third-order valence-corrected chi connectivity index (χ3v) is 4.89. The molecule has 1 spiro atoms. The monoisotopic (exact) mass is 302 g/mol. The van der Waals surface area contributed by atoms with E-state index in [-0.39, 0.29) is 5.56 Å². The number of hydrogen-bond donors (Lipinski definition) is 1. The van der Waals surface area contributed by atoms with Crippen molar-refractivity contribution in [2.24, 2.45) is 5.41 Å². The number of benzene rings is 1. The summed E-state index contributed by atoms with van der Waals surface area (Å²) in [5.41, 5.74) is 1.78. The first-order valence-corrected chi connectivity index (χ1v) is 7.62. The Labute approximate surface area is 127 Å². The molecule has 3 heterocycles. The average molecular weight is 302 g/mol. The minimum absolute atomic E-state index is 0.220. The smallest absolute Gasteiger partial charge is 0.335 e. The van der Waals surface area contributed by atoms with E-state index in [1.54, 1.807) is 12.1 Å². The summed E-state index contributed by atoms with van der Waals surface area (Å²) in [5, 5.41) is 9.04. The second-order valence-corrected chi connectivity index (χ2v) is 6.27. The molecule has 1 aromatic carbocycles. The van der Waals surface area contributed by atoms with Crippen molar-refractivity contribution in [1.82, 2.24) is 4.98 Å². The molecule has 4 rings (SSSR count). The van der Waals surface area contributed by atoms with Gasteiger partial charge in [0, 0.05) is 26.3 Å². The second-order valence-electron chi connectivity index (χ2n) is 6.27. The van der Waals surface area contributed by atoms with Gasteiger partial charge in [-0.15, -0.1) is 0 Å². The van der Waals surface area contributed by atoms with Gasteiger partial charge in [0.15, 0.2) is 5.58 Å². The summed E-state index contributed by atoms with van der Waals surface area (Å²) in [7, 11) is 0. The van der Waals surface area contributed by atoms with Crippen LogP contribution in [0.5, 0.6) is 0 Å². The molecule has 116 valence electrons. The van der Waals surface area contributed by atoms with Crippen LogP contribution in [0.1, 0.15) is 29.6 Å². The first kappa shape index (κ1) is 13.6. The van der Waals surface area contributed by atoms with Crippen molar-refractivity contribution >= 4 is 23.1 Å². The Morgan fingerprint density at radius 1 is 1.27 bits per heavy atom. The van der Waals surface area contributed by atoms with Crippen LogP contribution in [0, 0.1) is 5.41 Å². The Balaban J connectivity index is 1.60. The van der Waals surface area contributed by atoms with E-state index in [4.69, 9.17) is 14.3 Å². The lowest BCUT2D eigenvalue weighted by Crippen LogP contribution is -2.33. The van der Waals surface area contributed by atoms with Gasteiger partial charge in [0.2, 0.25) is 0 Å². The highest BCUT2D eigenvalue weighted by atomic mass is 16.5. The lowest BCUT2D eigenvalue weighted by atomic mass is 9.80. The van der Waals surface area contributed by atoms with Gasteiger partial charge in [-0.2, -0.15) is 4.98 Å². The minimum Gasteiger partial charge on any atom is -0.478 e. The molecule has 0 radical (unpaired) electrons. The topological polar surface area (TPSA) is 75.8 Å². The van der Waals surface area contributed by atoms with E-state index >= 15 is 0 Å². The number of aromatic nitrogens is 1. The Morgan fingerprint density at radius 3 is 2.86 bits per heavy atom. The molecule has 2 aromatic rings. The van der Waals surface area contributed by atoms with Gasteiger partial charge in [0.1, 0.15) is 5.52 Å². The molecule has 1 N–H and O–H groups in total. The Bertz CT molecular complexity index is 718. The fourth-order valence-electron chi connectivity index (χ4n) is 3.49. The molecular weight excluding hydrogens is 284 g/mol. The van der Waals surface area contributed by atoms with Crippen LogP contribution < -0.4 is 4.90 Å². The fraction of sp³-hybridized carbons (Fsp3) is 0.500. The molecule has 6 heteroatoms. The maximum atomic E-state index is 11.0. The van der Waals surface area contributed by atoms with Crippen molar-refractivity contribution < 1.29 is 19.1 Å². The lowest BCUT2D eigenvalue weighted by Gasteiger charge is -2.32. The molecule has 0 atom stereocenters. The summed E-state index contributed by atoms with van der Waals surface area (Å²) < 4.78 is 11.3. The van der Waals surface area contributed by atoms with Crippen LogP contribution in [-0.2, 0) is 4.74 Å². The first-order valence-electron chi connectivity index (χ1n) is 7.62. The fourth-order valence-corrected chi connectivity index (χ4v) is 3.49. The number of rotatable bonds is 2. The van der Waals surface area contributed by atoms with Gasteiger partial charge in [-0.1, -0.05) is 0 Å². The quantitative estimate of drug-likeness (QED) is 0.918. The van der Waals surface area contributed by atoms with Gasteiger partial charge >= 0.3 is 5.97 Å². The lowest BCUT2D eigenvalue weighted by molar-refractivity contribution is 0.0253. The van der Waals surface area contributed by atoms with Crippen LogP contribution in [0.2, 0.25) is 0 Å². The molecule has 0 saturated carbocycles. The van der Waals surface area contributed by atoms with E-state index in [0.29, 0.717) is 22.5 Å². The molecular formula is C16H18N2O4. The van der Waals surface area contributed by atoms with Crippen LogP contribution >= 0.6 is 0 Å². The molecule has 0 bridgehead atoms. The summed E-state index contributed by atoms with van der Waals surface area (Å²) in [6.45, 7) is 3.54. The zero-order valence-corrected chi connectivity index (χ0v) is 12.2. The number of anilines is 1. The number of aromatic carboxylic acids is 1. The van der Waals surface area contributed by atoms with Crippen LogP contribution in [0.25, 0.3) is 11.1 Å². The van der Waals surface area contributed by atoms with Crippen molar-refractivity contribution in [2.75, 3.05) is 31.2 Å². The summed E-state index contributed by atoms with van der Waals surface area (Å²) >= 11 is 0. The first-order chi connectivity index (χ1) is 10.7. The summed E-state index contributed by atoms with van der Waals surface area (Å²) in [6, 6.07) is 5.39. The number of nitrogens with zero attached hydrogens (tertiary/aromatic N) is 2. The Morgan fingerprint density at radius 2 is 2.09 bits per heavy atom. The maximum absolute atomic E-state index is 11.0. The van der Waals surface area contributed by atoms with E-state index in [1.165, 1.54) is 6.07 Å². The molecule has 2 saturated heterocycles. The summed E-state index contributed by atoms with van der Waals surface area (Å²) in [5.74, 6) is -0.956. The van der Waals surface area contributed by atoms with E-state index in [9.17, 15) is 4.79 Å². The molecule has 2 fully saturated rings. The van der Waals surface area contributed by atoms with E-state index in [2.05, 4.69) is 9.88 Å². The highest BCUT2D eigenvalue weighted by Gasteiger charge is 2.40. The Hall–Kier alpha value is -2.08. The van der Waals surface area contributed by atoms with Crippen molar-refractivity contribution in [1.29, 1.82) is 0 Å². The zero-order chi connectivity index (χ0) is 15.2. The third kappa shape index (κ3) is 2.23. The second kappa shape index (κ2) is 4.98. The van der Waals surface area contributed by atoms with Gasteiger partial charge in [-0.25, -0.2) is 4.79 Å². The van der Waals surface area contributed by atoms with E-state index in [1.807, 2.05) is 0 Å². The highest BCUT2D eigenvalue weighted by Crippen LogP contribution is 2.41. The number of carboxylic acid groups (broad SMARTS) is 1. The number of carbonyl (C=O) groups is 1. The number of oxazole rings is 1. The van der Waals surface area contributed by atoms with Crippen molar-refractivity contribution in [3.63, 3.8) is 0 Å². The zero-order valence-electron chi connectivity index (χ0n) is 12.2. The SMILES string of the molecule is O=C(O)c1ccc2nc(N3CCC4(CCOCC4)C3)oc2c1. The third-order valence-electron chi connectivity index (χ3n) is 4.89. The maximum Gasteiger partial charge on any atom is 0.335 e. The summed E-state index contributed by atoms with van der Waals surface area (Å²) in [4.78, 5) is 17.7. The molecule has 2 aliphatic rings. The van der Waals surface area contributed by atoms with Gasteiger partial charge in [0.25, 0.3) is 6.01 Å². The molecule has 0 unspecified atom stereocenters. The van der Waals surface area contributed by atoms with Crippen LogP contribution in [0.15, 0.2) is 22.6 Å². The minimum atomic E-state index is -0.956. The normalized spacial score (nSPS) is 20.8. The van der Waals surface area contributed by atoms with Crippen LogP contribution in [-0.4, -0.2) is 42.4 Å². The Kier molecular flexibility index (Phi) is 3.07. The number of fused-ring (bicyclic) bond motifs is 1. The number of ether oxygens (including phenoxy) is 1. The van der Waals surface area contributed by atoms with Crippen LogP contribution in [0.4, 0.5) is 6.01 Å². The predicted molar refractivity (Wildman–Crippen MR) is 80.3 cm³/mol. The molecule has 0 amide bonds. The van der Waals surface area contributed by atoms with Crippen molar-refractivity contribution in [3.8, 4) is 0 Å². The highest BCUT2D eigenvalue weighted by molar-refractivity contribution is 5.92. The number of hydrogen-bond acceptors (Lipinski definition) is 5. The van der Waals surface area contributed by atoms with Gasteiger partial charge in [-0.3, -0.25) is 0 Å². The molecule has 6 nitrogen and oxygen atoms in total. The molecule has 1 aromatic heterocycles. The largest absolute Gasteiger partial charge is 0.478 e. The molecule has 0 aliphatic carbocycles.